The van der Waals surface area contributed by atoms with Crippen LogP contribution in [0.25, 0.3) is 0 Å². The molecular weight excluding hydrogens is 324 g/mol. The van der Waals surface area contributed by atoms with Crippen molar-refractivity contribution in [1.29, 1.82) is 0 Å². The van der Waals surface area contributed by atoms with Crippen molar-refractivity contribution in [3.05, 3.63) is 26.8 Å². The van der Waals surface area contributed by atoms with Crippen LogP contribution in [0.2, 0.25) is 0 Å². The Kier molecular flexibility index (Phi) is 3.27. The highest BCUT2D eigenvalue weighted by Crippen LogP contribution is 2.37. The van der Waals surface area contributed by atoms with E-state index in [1.807, 2.05) is 0 Å². The zero-order valence-electron chi connectivity index (χ0n) is 7.52. The van der Waals surface area contributed by atoms with Gasteiger partial charge in [0.25, 0.3) is 0 Å². The third-order valence-electron chi connectivity index (χ3n) is 1.78. The minimum Gasteiger partial charge on any atom is -0.507 e. The maximum Gasteiger partial charge on any atom is 0.417 e. The number of halogens is 4. The van der Waals surface area contributed by atoms with E-state index < -0.39 is 23.1 Å². The van der Waals surface area contributed by atoms with Crippen LogP contribution < -0.4 is 0 Å². The van der Waals surface area contributed by atoms with Crippen LogP contribution in [0.5, 0.6) is 5.75 Å². The maximum atomic E-state index is 12.5. The Bertz CT molecular complexity index is 413. The zero-order chi connectivity index (χ0) is 11.8. The first kappa shape index (κ1) is 12.3. The van der Waals surface area contributed by atoms with Crippen molar-refractivity contribution in [2.45, 2.75) is 13.1 Å². The van der Waals surface area contributed by atoms with E-state index in [1.54, 1.807) is 0 Å². The van der Waals surface area contributed by atoms with Gasteiger partial charge in [0, 0.05) is 5.56 Å². The lowest BCUT2D eigenvalue weighted by molar-refractivity contribution is -0.138. The number of hydrogen-bond donors (Lipinski definition) is 1. The highest BCUT2D eigenvalue weighted by molar-refractivity contribution is 14.1. The summed E-state index contributed by atoms with van der Waals surface area (Å²) in [5, 5.41) is 9.21. The van der Waals surface area contributed by atoms with Crippen LogP contribution in [-0.2, 0) is 6.18 Å². The number of rotatable bonds is 1. The molecule has 82 valence electrons. The van der Waals surface area contributed by atoms with Gasteiger partial charge in [0.05, 0.1) is 9.13 Å². The van der Waals surface area contributed by atoms with Crippen LogP contribution >= 0.6 is 22.6 Å². The Morgan fingerprint density at radius 2 is 1.93 bits per heavy atom. The van der Waals surface area contributed by atoms with Gasteiger partial charge in [0.1, 0.15) is 5.75 Å². The molecule has 0 aliphatic carbocycles. The minimum atomic E-state index is -4.59. The monoisotopic (exact) mass is 330 g/mol. The predicted molar refractivity (Wildman–Crippen MR) is 55.8 cm³/mol. The number of benzene rings is 1. The van der Waals surface area contributed by atoms with Gasteiger partial charge in [-0.1, -0.05) is 0 Å². The van der Waals surface area contributed by atoms with E-state index in [0.29, 0.717) is 6.07 Å². The van der Waals surface area contributed by atoms with Crippen molar-refractivity contribution in [2.75, 3.05) is 0 Å². The van der Waals surface area contributed by atoms with Crippen molar-refractivity contribution in [3.63, 3.8) is 0 Å². The lowest BCUT2D eigenvalue weighted by Crippen LogP contribution is -2.13. The topological polar surface area (TPSA) is 37.3 Å². The first-order valence-electron chi connectivity index (χ1n) is 3.84. The summed E-state index contributed by atoms with van der Waals surface area (Å²) in [6.45, 7) is 1.03. The van der Waals surface area contributed by atoms with Gasteiger partial charge < -0.3 is 5.11 Å². The molecule has 0 atom stereocenters. The molecule has 0 bridgehead atoms. The molecule has 0 radical (unpaired) electrons. The van der Waals surface area contributed by atoms with Gasteiger partial charge in [-0.05, 0) is 41.6 Å². The molecule has 2 nitrogen and oxygen atoms in total. The van der Waals surface area contributed by atoms with Gasteiger partial charge >= 0.3 is 6.18 Å². The SMILES string of the molecule is CC(=O)c1c(C(F)(F)F)ccc(O)c1I. The summed E-state index contributed by atoms with van der Waals surface area (Å²) in [4.78, 5) is 11.1. The summed E-state index contributed by atoms with van der Waals surface area (Å²) in [5.41, 5.74) is -1.50. The van der Waals surface area contributed by atoms with E-state index in [2.05, 4.69) is 0 Å². The number of alkyl halides is 3. The lowest BCUT2D eigenvalue weighted by atomic mass is 10.0. The summed E-state index contributed by atoms with van der Waals surface area (Å²) in [6, 6.07) is 1.63. The molecule has 15 heavy (non-hydrogen) atoms. The number of aromatic hydroxyl groups is 1. The fraction of sp³-hybridized carbons (Fsp3) is 0.222. The Hall–Kier alpha value is -0.790. The zero-order valence-corrected chi connectivity index (χ0v) is 9.68. The van der Waals surface area contributed by atoms with Gasteiger partial charge in [-0.25, -0.2) is 0 Å². The Morgan fingerprint density at radius 3 is 2.33 bits per heavy atom. The maximum absolute atomic E-state index is 12.5. The van der Waals surface area contributed by atoms with Crippen LogP contribution in [0.3, 0.4) is 0 Å². The number of phenolic OH excluding ortho intramolecular Hbond substituents is 1. The highest BCUT2D eigenvalue weighted by atomic mass is 127. The van der Waals surface area contributed by atoms with Gasteiger partial charge in [0.15, 0.2) is 5.78 Å². The van der Waals surface area contributed by atoms with E-state index in [0.717, 1.165) is 13.0 Å². The van der Waals surface area contributed by atoms with E-state index in [4.69, 9.17) is 0 Å². The van der Waals surface area contributed by atoms with E-state index in [-0.39, 0.29) is 9.32 Å². The van der Waals surface area contributed by atoms with Crippen molar-refractivity contribution in [2.24, 2.45) is 0 Å². The van der Waals surface area contributed by atoms with Gasteiger partial charge in [-0.2, -0.15) is 13.2 Å². The fourth-order valence-electron chi connectivity index (χ4n) is 1.15. The quantitative estimate of drug-likeness (QED) is 0.634. The molecular formula is C9H6F3IO2. The molecule has 1 aromatic rings. The molecule has 0 aliphatic rings. The summed E-state index contributed by atoms with van der Waals surface area (Å²) in [6.07, 6.45) is -4.59. The van der Waals surface area contributed by atoms with Gasteiger partial charge in [-0.3, -0.25) is 4.79 Å². The summed E-state index contributed by atoms with van der Waals surface area (Å²) >= 11 is 1.51. The second-order valence-electron chi connectivity index (χ2n) is 2.88. The molecule has 0 unspecified atom stereocenters. The molecule has 1 rings (SSSR count). The third kappa shape index (κ3) is 2.42. The van der Waals surface area contributed by atoms with E-state index in [1.165, 1.54) is 22.6 Å². The molecule has 0 saturated carbocycles. The number of carbonyl (C=O) groups excluding carboxylic acids is 1. The highest BCUT2D eigenvalue weighted by Gasteiger charge is 2.36. The van der Waals surface area contributed by atoms with Crippen LogP contribution in [0.4, 0.5) is 13.2 Å². The number of ketones is 1. The number of Topliss-reactive ketones (excluding diaryl/α,β-unsaturated/α-hetero) is 1. The van der Waals surface area contributed by atoms with Gasteiger partial charge in [0.2, 0.25) is 0 Å². The standard InChI is InChI=1S/C9H6F3IO2/c1-4(14)7-5(9(10,11)12)2-3-6(15)8(7)13/h2-3,15H,1H3. The smallest absolute Gasteiger partial charge is 0.417 e. The number of carbonyl (C=O) groups is 1. The van der Waals surface area contributed by atoms with Crippen molar-refractivity contribution >= 4 is 28.4 Å². The predicted octanol–water partition coefficient (Wildman–Crippen LogP) is 3.22. The third-order valence-corrected chi connectivity index (χ3v) is 2.87. The Morgan fingerprint density at radius 1 is 1.40 bits per heavy atom. The summed E-state index contributed by atoms with van der Waals surface area (Å²) in [5.74, 6) is -1.04. The average molecular weight is 330 g/mol. The van der Waals surface area contributed by atoms with Crippen LogP contribution in [0.15, 0.2) is 12.1 Å². The van der Waals surface area contributed by atoms with Crippen LogP contribution in [0, 0.1) is 3.57 Å². The minimum absolute atomic E-state index is 0.0741. The largest absolute Gasteiger partial charge is 0.507 e. The molecule has 0 aliphatic heterocycles. The lowest BCUT2D eigenvalue weighted by Gasteiger charge is -2.13. The Labute approximate surface area is 97.2 Å². The fourth-order valence-corrected chi connectivity index (χ4v) is 2.00. The number of phenols is 1. The molecule has 0 spiro atoms. The molecule has 1 N–H and O–H groups in total. The first-order valence-corrected chi connectivity index (χ1v) is 4.92. The van der Waals surface area contributed by atoms with Crippen molar-refractivity contribution in [1.82, 2.24) is 0 Å². The normalized spacial score (nSPS) is 11.5. The van der Waals surface area contributed by atoms with E-state index in [9.17, 15) is 23.1 Å². The summed E-state index contributed by atoms with van der Waals surface area (Å²) < 4.78 is 37.4. The first-order chi connectivity index (χ1) is 6.75. The molecule has 0 amide bonds. The molecule has 1 aromatic carbocycles. The van der Waals surface area contributed by atoms with Crippen LogP contribution in [-0.4, -0.2) is 10.9 Å². The molecule has 0 aromatic heterocycles. The number of hydrogen-bond acceptors (Lipinski definition) is 2. The molecule has 6 heteroatoms. The van der Waals surface area contributed by atoms with Crippen LogP contribution in [0.1, 0.15) is 22.8 Å². The molecule has 0 heterocycles. The molecule has 0 fully saturated rings. The van der Waals surface area contributed by atoms with Gasteiger partial charge in [-0.15, -0.1) is 0 Å². The van der Waals surface area contributed by atoms with Crippen molar-refractivity contribution < 1.29 is 23.1 Å². The molecule has 0 saturated heterocycles. The second kappa shape index (κ2) is 3.99. The van der Waals surface area contributed by atoms with Crippen molar-refractivity contribution in [3.8, 4) is 5.75 Å². The summed E-state index contributed by atoms with van der Waals surface area (Å²) in [7, 11) is 0. The average Bonchev–Trinajstić information content (AvgIpc) is 2.06. The van der Waals surface area contributed by atoms with E-state index >= 15 is 0 Å². The Balaban J connectivity index is 3.55. The second-order valence-corrected chi connectivity index (χ2v) is 3.95.